The van der Waals surface area contributed by atoms with Crippen molar-refractivity contribution in [3.05, 3.63) is 23.0 Å². The van der Waals surface area contributed by atoms with Gasteiger partial charge < -0.3 is 5.32 Å². The Hall–Kier alpha value is -1.62. The summed E-state index contributed by atoms with van der Waals surface area (Å²) < 4.78 is 1.61. The van der Waals surface area contributed by atoms with Crippen molar-refractivity contribution in [3.63, 3.8) is 0 Å². The molecule has 3 rings (SSSR count). The van der Waals surface area contributed by atoms with E-state index in [2.05, 4.69) is 15.4 Å². The second-order valence-corrected chi connectivity index (χ2v) is 4.22. The van der Waals surface area contributed by atoms with Crippen LogP contribution in [0.15, 0.2) is 12.3 Å². The number of aromatic nitrogens is 3. The standard InChI is InChI=1S/C10H9ClN4O/c11-8-3-9(13-7-1-2-7)15-10(14-8)6(5-16)4-12-15/h3-5,7,13H,1-2H2. The number of anilines is 1. The van der Waals surface area contributed by atoms with Crippen molar-refractivity contribution in [2.75, 3.05) is 5.32 Å². The molecule has 0 atom stereocenters. The van der Waals surface area contributed by atoms with Crippen LogP contribution in [0.1, 0.15) is 23.2 Å². The van der Waals surface area contributed by atoms with Gasteiger partial charge in [-0.25, -0.2) is 4.98 Å². The van der Waals surface area contributed by atoms with E-state index in [1.54, 1.807) is 10.6 Å². The Bertz CT molecular complexity index is 561. The first-order chi connectivity index (χ1) is 7.78. The van der Waals surface area contributed by atoms with Gasteiger partial charge in [-0.05, 0) is 12.8 Å². The van der Waals surface area contributed by atoms with E-state index >= 15 is 0 Å². The predicted octanol–water partition coefficient (Wildman–Crippen LogP) is 1.77. The number of fused-ring (bicyclic) bond motifs is 1. The maximum absolute atomic E-state index is 10.8. The molecular formula is C10H9ClN4O. The Labute approximate surface area is 96.4 Å². The summed E-state index contributed by atoms with van der Waals surface area (Å²) in [6.07, 6.45) is 4.53. The minimum Gasteiger partial charge on any atom is -0.367 e. The number of nitrogens with zero attached hydrogens (tertiary/aromatic N) is 3. The zero-order chi connectivity index (χ0) is 11.1. The Morgan fingerprint density at radius 3 is 3.06 bits per heavy atom. The largest absolute Gasteiger partial charge is 0.367 e. The SMILES string of the molecule is O=Cc1cnn2c(NC3CC3)cc(Cl)nc12. The smallest absolute Gasteiger partial charge is 0.169 e. The molecule has 2 aromatic rings. The van der Waals surface area contributed by atoms with Crippen molar-refractivity contribution in [3.8, 4) is 0 Å². The molecule has 2 heterocycles. The van der Waals surface area contributed by atoms with Gasteiger partial charge in [0.2, 0.25) is 0 Å². The van der Waals surface area contributed by atoms with Crippen LogP contribution in [-0.2, 0) is 0 Å². The van der Waals surface area contributed by atoms with Crippen LogP contribution in [0.4, 0.5) is 5.82 Å². The summed E-state index contributed by atoms with van der Waals surface area (Å²) in [6, 6.07) is 2.21. The molecule has 1 aliphatic carbocycles. The quantitative estimate of drug-likeness (QED) is 0.652. The van der Waals surface area contributed by atoms with E-state index in [0.29, 0.717) is 22.4 Å². The van der Waals surface area contributed by atoms with Crippen LogP contribution in [0.2, 0.25) is 5.15 Å². The zero-order valence-corrected chi connectivity index (χ0v) is 9.11. The molecule has 0 amide bonds. The Balaban J connectivity index is 2.17. The van der Waals surface area contributed by atoms with Gasteiger partial charge in [0.15, 0.2) is 11.9 Å². The molecular weight excluding hydrogens is 228 g/mol. The summed E-state index contributed by atoms with van der Waals surface area (Å²) in [5.74, 6) is 0.783. The molecule has 1 saturated carbocycles. The maximum Gasteiger partial charge on any atom is 0.169 e. The fraction of sp³-hybridized carbons (Fsp3) is 0.300. The van der Waals surface area contributed by atoms with Crippen LogP contribution in [0, 0.1) is 0 Å². The first-order valence-corrected chi connectivity index (χ1v) is 5.42. The van der Waals surface area contributed by atoms with Gasteiger partial charge in [0, 0.05) is 12.1 Å². The van der Waals surface area contributed by atoms with E-state index in [1.807, 2.05) is 0 Å². The van der Waals surface area contributed by atoms with Gasteiger partial charge in [-0.15, -0.1) is 0 Å². The molecule has 0 saturated heterocycles. The van der Waals surface area contributed by atoms with Gasteiger partial charge in [0.1, 0.15) is 11.0 Å². The van der Waals surface area contributed by atoms with Gasteiger partial charge in [-0.3, -0.25) is 4.79 Å². The zero-order valence-electron chi connectivity index (χ0n) is 8.35. The fourth-order valence-electron chi connectivity index (χ4n) is 1.57. The van der Waals surface area contributed by atoms with Gasteiger partial charge in [-0.2, -0.15) is 9.61 Å². The molecule has 0 unspecified atom stereocenters. The number of carbonyl (C=O) groups excluding carboxylic acids is 1. The van der Waals surface area contributed by atoms with Gasteiger partial charge in [0.05, 0.1) is 11.8 Å². The minimum absolute atomic E-state index is 0.360. The van der Waals surface area contributed by atoms with Crippen molar-refractivity contribution >= 4 is 29.4 Å². The van der Waals surface area contributed by atoms with Crippen LogP contribution in [0.5, 0.6) is 0 Å². The van der Waals surface area contributed by atoms with E-state index in [4.69, 9.17) is 11.6 Å². The average Bonchev–Trinajstić information content (AvgIpc) is 2.96. The molecule has 0 aliphatic heterocycles. The summed E-state index contributed by atoms with van der Waals surface area (Å²) >= 11 is 5.91. The van der Waals surface area contributed by atoms with Crippen LogP contribution >= 0.6 is 11.6 Å². The fourth-order valence-corrected chi connectivity index (χ4v) is 1.76. The van der Waals surface area contributed by atoms with Crippen molar-refractivity contribution in [2.45, 2.75) is 18.9 Å². The van der Waals surface area contributed by atoms with Gasteiger partial charge in [0.25, 0.3) is 0 Å². The van der Waals surface area contributed by atoms with Gasteiger partial charge in [-0.1, -0.05) is 11.6 Å². The lowest BCUT2D eigenvalue weighted by Gasteiger charge is -2.07. The lowest BCUT2D eigenvalue weighted by molar-refractivity contribution is 0.112. The molecule has 0 aromatic carbocycles. The van der Waals surface area contributed by atoms with Crippen LogP contribution in [0.3, 0.4) is 0 Å². The Kier molecular flexibility index (Phi) is 2.07. The first-order valence-electron chi connectivity index (χ1n) is 5.04. The minimum atomic E-state index is 0.360. The molecule has 16 heavy (non-hydrogen) atoms. The number of carbonyl (C=O) groups is 1. The summed E-state index contributed by atoms with van der Waals surface area (Å²) in [5, 5.41) is 7.77. The number of rotatable bonds is 3. The highest BCUT2D eigenvalue weighted by atomic mass is 35.5. The molecule has 6 heteroatoms. The first kappa shape index (κ1) is 9.59. The normalized spacial score (nSPS) is 15.3. The maximum atomic E-state index is 10.8. The van der Waals surface area contributed by atoms with E-state index in [0.717, 1.165) is 24.9 Å². The van der Waals surface area contributed by atoms with Crippen LogP contribution < -0.4 is 5.32 Å². The Morgan fingerprint density at radius 2 is 2.38 bits per heavy atom. The summed E-state index contributed by atoms with van der Waals surface area (Å²) in [6.45, 7) is 0. The second kappa shape index (κ2) is 3.45. The molecule has 0 bridgehead atoms. The topological polar surface area (TPSA) is 59.3 Å². The number of hydrogen-bond donors (Lipinski definition) is 1. The van der Waals surface area contributed by atoms with Crippen LogP contribution in [-0.4, -0.2) is 26.9 Å². The van der Waals surface area contributed by atoms with Crippen LogP contribution in [0.25, 0.3) is 5.65 Å². The second-order valence-electron chi connectivity index (χ2n) is 3.84. The summed E-state index contributed by atoms with van der Waals surface area (Å²) in [5.41, 5.74) is 0.937. The lowest BCUT2D eigenvalue weighted by Crippen LogP contribution is -2.07. The van der Waals surface area contributed by atoms with Crippen molar-refractivity contribution in [1.82, 2.24) is 14.6 Å². The molecule has 1 aliphatic rings. The molecule has 0 radical (unpaired) electrons. The van der Waals surface area contributed by atoms with Crippen molar-refractivity contribution in [2.24, 2.45) is 0 Å². The summed E-state index contributed by atoms with van der Waals surface area (Å²) in [7, 11) is 0. The third-order valence-corrected chi connectivity index (χ3v) is 2.72. The lowest BCUT2D eigenvalue weighted by atomic mass is 10.4. The van der Waals surface area contributed by atoms with E-state index in [-0.39, 0.29) is 0 Å². The molecule has 1 fully saturated rings. The molecule has 82 valence electrons. The highest BCUT2D eigenvalue weighted by Gasteiger charge is 2.22. The van der Waals surface area contributed by atoms with E-state index < -0.39 is 0 Å². The summed E-state index contributed by atoms with van der Waals surface area (Å²) in [4.78, 5) is 14.9. The van der Waals surface area contributed by atoms with E-state index in [1.165, 1.54) is 6.20 Å². The third kappa shape index (κ3) is 1.53. The third-order valence-electron chi connectivity index (χ3n) is 2.52. The number of aldehydes is 1. The van der Waals surface area contributed by atoms with Gasteiger partial charge >= 0.3 is 0 Å². The number of nitrogens with one attached hydrogen (secondary N) is 1. The predicted molar refractivity (Wildman–Crippen MR) is 60.0 cm³/mol. The molecule has 1 N–H and O–H groups in total. The van der Waals surface area contributed by atoms with Crippen molar-refractivity contribution < 1.29 is 4.79 Å². The Morgan fingerprint density at radius 1 is 1.56 bits per heavy atom. The molecule has 5 nitrogen and oxygen atoms in total. The van der Waals surface area contributed by atoms with E-state index in [9.17, 15) is 4.79 Å². The molecule has 2 aromatic heterocycles. The average molecular weight is 237 g/mol. The number of hydrogen-bond acceptors (Lipinski definition) is 4. The van der Waals surface area contributed by atoms with Crippen molar-refractivity contribution in [1.29, 1.82) is 0 Å². The highest BCUT2D eigenvalue weighted by Crippen LogP contribution is 2.26. The monoisotopic (exact) mass is 236 g/mol. The molecule has 0 spiro atoms. The highest BCUT2D eigenvalue weighted by molar-refractivity contribution is 6.29. The number of halogens is 1.